The van der Waals surface area contributed by atoms with Crippen LogP contribution in [-0.4, -0.2) is 44.0 Å². The maximum Gasteiger partial charge on any atom is 0.239 e. The summed E-state index contributed by atoms with van der Waals surface area (Å²) in [6.07, 6.45) is 0.844. The summed E-state index contributed by atoms with van der Waals surface area (Å²) >= 11 is 0. The molecule has 6 heteroatoms. The first kappa shape index (κ1) is 15.3. The van der Waals surface area contributed by atoms with Crippen molar-refractivity contribution < 1.29 is 9.59 Å². The predicted octanol–water partition coefficient (Wildman–Crippen LogP) is -0.371. The highest BCUT2D eigenvalue weighted by Crippen LogP contribution is 2.25. The van der Waals surface area contributed by atoms with Crippen LogP contribution in [0, 0.1) is 0 Å². The minimum Gasteiger partial charge on any atom is -0.360 e. The Morgan fingerprint density at radius 1 is 1.29 bits per heavy atom. The summed E-state index contributed by atoms with van der Waals surface area (Å²) in [6.45, 7) is 3.28. The number of hydrogen-bond acceptors (Lipinski definition) is 4. The lowest BCUT2D eigenvalue weighted by Gasteiger charge is -2.34. The van der Waals surface area contributed by atoms with Gasteiger partial charge in [-0.15, -0.1) is 0 Å². The van der Waals surface area contributed by atoms with Gasteiger partial charge in [0.1, 0.15) is 0 Å². The molecule has 1 aromatic rings. The number of rotatable bonds is 5. The summed E-state index contributed by atoms with van der Waals surface area (Å²) in [4.78, 5) is 24.7. The van der Waals surface area contributed by atoms with E-state index in [1.807, 2.05) is 23.1 Å². The molecule has 0 aromatic heterocycles. The van der Waals surface area contributed by atoms with Gasteiger partial charge in [-0.1, -0.05) is 18.2 Å². The van der Waals surface area contributed by atoms with Crippen LogP contribution in [-0.2, 0) is 16.0 Å². The Morgan fingerprint density at radius 2 is 2.00 bits per heavy atom. The van der Waals surface area contributed by atoms with Crippen LogP contribution in [0.4, 0.5) is 5.69 Å². The summed E-state index contributed by atoms with van der Waals surface area (Å²) < 4.78 is 0. The standard InChI is InChI=1S/C15H22N4O2/c1-11(20)17-6-7-18-15(21)10-19-9-13(16)8-12-4-2-3-5-14(12)19/h2-5,13H,6-10,16H2,1H3,(H,17,20)(H,18,21). The van der Waals surface area contributed by atoms with E-state index >= 15 is 0 Å². The molecular weight excluding hydrogens is 268 g/mol. The van der Waals surface area contributed by atoms with Crippen molar-refractivity contribution in [3.63, 3.8) is 0 Å². The number of carbonyl (C=O) groups is 2. The number of para-hydroxylation sites is 1. The average Bonchev–Trinajstić information content (AvgIpc) is 2.43. The highest BCUT2D eigenvalue weighted by Gasteiger charge is 2.23. The van der Waals surface area contributed by atoms with E-state index in [1.54, 1.807) is 0 Å². The Balaban J connectivity index is 1.87. The van der Waals surface area contributed by atoms with Gasteiger partial charge in [0.25, 0.3) is 0 Å². The number of hydrogen-bond donors (Lipinski definition) is 3. The molecule has 0 aliphatic carbocycles. The van der Waals surface area contributed by atoms with Gasteiger partial charge in [0.2, 0.25) is 11.8 Å². The zero-order valence-corrected chi connectivity index (χ0v) is 12.3. The molecule has 21 heavy (non-hydrogen) atoms. The van der Waals surface area contributed by atoms with E-state index in [1.165, 1.54) is 12.5 Å². The number of anilines is 1. The molecule has 0 fully saturated rings. The molecule has 4 N–H and O–H groups in total. The van der Waals surface area contributed by atoms with E-state index in [9.17, 15) is 9.59 Å². The Labute approximate surface area is 124 Å². The van der Waals surface area contributed by atoms with Gasteiger partial charge >= 0.3 is 0 Å². The van der Waals surface area contributed by atoms with E-state index in [-0.39, 0.29) is 24.4 Å². The summed E-state index contributed by atoms with van der Waals surface area (Å²) in [5, 5.41) is 5.43. The fourth-order valence-electron chi connectivity index (χ4n) is 2.54. The van der Waals surface area contributed by atoms with E-state index < -0.39 is 0 Å². The molecule has 2 rings (SSSR count). The molecule has 2 amide bonds. The first-order valence-corrected chi connectivity index (χ1v) is 7.16. The zero-order valence-electron chi connectivity index (χ0n) is 12.3. The summed E-state index contributed by atoms with van der Waals surface area (Å²) in [6, 6.07) is 8.08. The molecule has 114 valence electrons. The predicted molar refractivity (Wildman–Crippen MR) is 82.0 cm³/mol. The molecule has 0 spiro atoms. The van der Waals surface area contributed by atoms with Crippen LogP contribution in [0.2, 0.25) is 0 Å². The minimum absolute atomic E-state index is 0.0482. The van der Waals surface area contributed by atoms with Crippen LogP contribution in [0.5, 0.6) is 0 Å². The van der Waals surface area contributed by atoms with Gasteiger partial charge in [0.15, 0.2) is 0 Å². The number of nitrogens with one attached hydrogen (secondary N) is 2. The van der Waals surface area contributed by atoms with Gasteiger partial charge in [0.05, 0.1) is 6.54 Å². The molecular formula is C15H22N4O2. The molecule has 6 nitrogen and oxygen atoms in total. The van der Waals surface area contributed by atoms with Crippen LogP contribution < -0.4 is 21.3 Å². The fraction of sp³-hybridized carbons (Fsp3) is 0.467. The Morgan fingerprint density at radius 3 is 2.76 bits per heavy atom. The molecule has 1 aliphatic heterocycles. The monoisotopic (exact) mass is 290 g/mol. The quantitative estimate of drug-likeness (QED) is 0.646. The number of fused-ring (bicyclic) bond motifs is 1. The van der Waals surface area contributed by atoms with Crippen molar-refractivity contribution in [1.82, 2.24) is 10.6 Å². The van der Waals surface area contributed by atoms with Crippen LogP contribution in [0.3, 0.4) is 0 Å². The number of benzene rings is 1. The molecule has 1 heterocycles. The third-order valence-electron chi connectivity index (χ3n) is 3.42. The first-order valence-electron chi connectivity index (χ1n) is 7.16. The number of amides is 2. The lowest BCUT2D eigenvalue weighted by molar-refractivity contribution is -0.121. The second-order valence-electron chi connectivity index (χ2n) is 5.31. The Kier molecular flexibility index (Phi) is 5.16. The largest absolute Gasteiger partial charge is 0.360 e. The second-order valence-corrected chi connectivity index (χ2v) is 5.31. The van der Waals surface area contributed by atoms with Crippen molar-refractivity contribution in [3.05, 3.63) is 29.8 Å². The molecule has 0 saturated heterocycles. The summed E-state index contributed by atoms with van der Waals surface area (Å²) in [5.41, 5.74) is 8.31. The summed E-state index contributed by atoms with van der Waals surface area (Å²) in [7, 11) is 0. The fourth-order valence-corrected chi connectivity index (χ4v) is 2.54. The molecule has 1 aliphatic rings. The SMILES string of the molecule is CC(=O)NCCNC(=O)CN1CC(N)Cc2ccccc21. The smallest absolute Gasteiger partial charge is 0.239 e. The molecule has 0 bridgehead atoms. The Bertz CT molecular complexity index is 518. The van der Waals surface area contributed by atoms with Crippen molar-refractivity contribution in [2.45, 2.75) is 19.4 Å². The van der Waals surface area contributed by atoms with E-state index in [4.69, 9.17) is 5.73 Å². The normalized spacial score (nSPS) is 17.0. The highest BCUT2D eigenvalue weighted by atomic mass is 16.2. The molecule has 1 aromatic carbocycles. The van der Waals surface area contributed by atoms with E-state index in [2.05, 4.69) is 16.7 Å². The number of nitrogens with zero attached hydrogens (tertiary/aromatic N) is 1. The lowest BCUT2D eigenvalue weighted by atomic mass is 9.98. The second kappa shape index (κ2) is 7.08. The lowest BCUT2D eigenvalue weighted by Crippen LogP contribution is -2.48. The first-order chi connectivity index (χ1) is 10.1. The van der Waals surface area contributed by atoms with Gasteiger partial charge in [-0.05, 0) is 18.1 Å². The third-order valence-corrected chi connectivity index (χ3v) is 3.42. The van der Waals surface area contributed by atoms with Crippen LogP contribution >= 0.6 is 0 Å². The number of carbonyl (C=O) groups excluding carboxylic acids is 2. The summed E-state index contributed by atoms with van der Waals surface area (Å²) in [5.74, 6) is -0.163. The molecule has 1 unspecified atom stereocenters. The van der Waals surface area contributed by atoms with Crippen molar-refractivity contribution in [2.75, 3.05) is 31.1 Å². The van der Waals surface area contributed by atoms with E-state index in [0.717, 1.165) is 12.1 Å². The van der Waals surface area contributed by atoms with Crippen molar-refractivity contribution >= 4 is 17.5 Å². The maximum atomic E-state index is 12.0. The van der Waals surface area contributed by atoms with Crippen LogP contribution in [0.1, 0.15) is 12.5 Å². The van der Waals surface area contributed by atoms with Gasteiger partial charge in [-0.2, -0.15) is 0 Å². The van der Waals surface area contributed by atoms with Crippen molar-refractivity contribution in [1.29, 1.82) is 0 Å². The Hall–Kier alpha value is -2.08. The van der Waals surface area contributed by atoms with Crippen molar-refractivity contribution in [3.8, 4) is 0 Å². The van der Waals surface area contributed by atoms with Crippen LogP contribution in [0.25, 0.3) is 0 Å². The van der Waals surface area contributed by atoms with Gasteiger partial charge < -0.3 is 21.3 Å². The topological polar surface area (TPSA) is 87.5 Å². The maximum absolute atomic E-state index is 12.0. The van der Waals surface area contributed by atoms with Gasteiger partial charge in [-0.3, -0.25) is 9.59 Å². The average molecular weight is 290 g/mol. The van der Waals surface area contributed by atoms with Gasteiger partial charge in [0, 0.05) is 38.3 Å². The number of nitrogens with two attached hydrogens (primary N) is 1. The third kappa shape index (κ3) is 4.46. The molecule has 0 saturated carbocycles. The highest BCUT2D eigenvalue weighted by molar-refractivity contribution is 5.82. The zero-order chi connectivity index (χ0) is 15.2. The van der Waals surface area contributed by atoms with Crippen LogP contribution in [0.15, 0.2) is 24.3 Å². The molecule has 1 atom stereocenters. The van der Waals surface area contributed by atoms with Crippen molar-refractivity contribution in [2.24, 2.45) is 5.73 Å². The van der Waals surface area contributed by atoms with E-state index in [0.29, 0.717) is 19.6 Å². The molecule has 0 radical (unpaired) electrons. The minimum atomic E-state index is -0.0971. The van der Waals surface area contributed by atoms with Gasteiger partial charge in [-0.25, -0.2) is 0 Å².